The van der Waals surface area contributed by atoms with Gasteiger partial charge in [0.05, 0.1) is 6.42 Å². The van der Waals surface area contributed by atoms with Crippen molar-refractivity contribution in [2.24, 2.45) is 10.4 Å². The van der Waals surface area contributed by atoms with Crippen LogP contribution in [0.3, 0.4) is 0 Å². The number of hydrogen-bond acceptors (Lipinski definition) is 5. The van der Waals surface area contributed by atoms with Crippen LogP contribution < -0.4 is 0 Å². The molecule has 0 aliphatic carbocycles. The average Bonchev–Trinajstić information content (AvgIpc) is 3.07. The Labute approximate surface area is 159 Å². The molecule has 6 nitrogen and oxygen atoms in total. The third-order valence-corrected chi connectivity index (χ3v) is 7.09. The van der Waals surface area contributed by atoms with Gasteiger partial charge in [-0.25, -0.2) is 0 Å². The van der Waals surface area contributed by atoms with Crippen LogP contribution in [0.4, 0.5) is 0 Å². The van der Waals surface area contributed by atoms with Gasteiger partial charge in [-0.05, 0) is 38.0 Å². The van der Waals surface area contributed by atoms with Crippen molar-refractivity contribution in [3.05, 3.63) is 11.1 Å². The lowest BCUT2D eigenvalue weighted by molar-refractivity contribution is -0.142. The zero-order chi connectivity index (χ0) is 18.1. The predicted molar refractivity (Wildman–Crippen MR) is 104 cm³/mol. The fraction of sp³-hybridized carbons (Fsp3) is 0.737. The molecule has 0 bridgehead atoms. The van der Waals surface area contributed by atoms with Crippen LogP contribution in [-0.4, -0.2) is 71.0 Å². The summed E-state index contributed by atoms with van der Waals surface area (Å²) in [5.41, 5.74) is 1.21. The number of fused-ring (bicyclic) bond motifs is 1. The summed E-state index contributed by atoms with van der Waals surface area (Å²) in [4.78, 5) is 35.8. The molecule has 1 atom stereocenters. The molecule has 2 amide bonds. The van der Waals surface area contributed by atoms with Crippen molar-refractivity contribution in [1.82, 2.24) is 14.7 Å². The number of amides is 2. The third-order valence-electron chi connectivity index (χ3n) is 6.14. The minimum atomic E-state index is 0.106. The van der Waals surface area contributed by atoms with Gasteiger partial charge in [0, 0.05) is 56.8 Å². The summed E-state index contributed by atoms with van der Waals surface area (Å²) in [6.07, 6.45) is 5.25. The van der Waals surface area contributed by atoms with E-state index >= 15 is 0 Å². The molecule has 0 N–H and O–H groups in total. The first-order chi connectivity index (χ1) is 12.6. The molecule has 4 heterocycles. The van der Waals surface area contributed by atoms with Gasteiger partial charge in [0.25, 0.3) is 0 Å². The number of hydrogen-bond donors (Lipinski definition) is 0. The van der Waals surface area contributed by atoms with Crippen molar-refractivity contribution in [3.8, 4) is 0 Å². The number of amidine groups is 1. The predicted octanol–water partition coefficient (Wildman–Crippen LogP) is 2.28. The van der Waals surface area contributed by atoms with Crippen LogP contribution in [0.25, 0.3) is 0 Å². The lowest BCUT2D eigenvalue weighted by Crippen LogP contribution is -2.55. The summed E-state index contributed by atoms with van der Waals surface area (Å²) in [7, 11) is 0. The second-order valence-electron chi connectivity index (χ2n) is 7.90. The molecule has 1 spiro atoms. The molecule has 4 aliphatic rings. The molecule has 0 aromatic carbocycles. The van der Waals surface area contributed by atoms with E-state index in [1.165, 1.54) is 0 Å². The van der Waals surface area contributed by atoms with Gasteiger partial charge in [0.15, 0.2) is 5.17 Å². The Morgan fingerprint density at radius 3 is 3.00 bits per heavy atom. The normalized spacial score (nSPS) is 29.0. The van der Waals surface area contributed by atoms with Crippen LogP contribution in [0.5, 0.6) is 0 Å². The second kappa shape index (κ2) is 7.25. The Kier molecular flexibility index (Phi) is 4.99. The highest BCUT2D eigenvalue weighted by molar-refractivity contribution is 8.16. The van der Waals surface area contributed by atoms with E-state index in [2.05, 4.69) is 20.2 Å². The van der Waals surface area contributed by atoms with E-state index in [4.69, 9.17) is 0 Å². The highest BCUT2D eigenvalue weighted by atomic mass is 32.2. The number of rotatable bonds is 3. The maximum atomic E-state index is 13.0. The van der Waals surface area contributed by atoms with Crippen LogP contribution in [0.15, 0.2) is 16.1 Å². The topological polar surface area (TPSA) is 56.2 Å². The fourth-order valence-corrected chi connectivity index (χ4v) is 5.64. The maximum absolute atomic E-state index is 13.0. The molecule has 4 rings (SSSR count). The summed E-state index contributed by atoms with van der Waals surface area (Å²) in [5, 5.41) is 3.15. The van der Waals surface area contributed by atoms with Crippen molar-refractivity contribution >= 4 is 28.7 Å². The zero-order valence-corrected chi connectivity index (χ0v) is 16.4. The van der Waals surface area contributed by atoms with Gasteiger partial charge in [0.2, 0.25) is 11.8 Å². The Balaban J connectivity index is 1.40. The lowest BCUT2D eigenvalue weighted by Gasteiger charge is -2.48. The van der Waals surface area contributed by atoms with Gasteiger partial charge >= 0.3 is 0 Å². The van der Waals surface area contributed by atoms with Crippen molar-refractivity contribution < 1.29 is 9.59 Å². The minimum Gasteiger partial charge on any atom is -0.342 e. The highest BCUT2D eigenvalue weighted by Crippen LogP contribution is 2.39. The molecule has 0 saturated carbocycles. The van der Waals surface area contributed by atoms with Crippen LogP contribution >= 0.6 is 11.8 Å². The number of carbonyl (C=O) groups is 2. The number of piperidine rings is 2. The van der Waals surface area contributed by atoms with E-state index in [0.29, 0.717) is 12.8 Å². The van der Waals surface area contributed by atoms with E-state index in [9.17, 15) is 9.59 Å². The summed E-state index contributed by atoms with van der Waals surface area (Å²) >= 11 is 1.65. The fourth-order valence-electron chi connectivity index (χ4n) is 4.68. The quantitative estimate of drug-likeness (QED) is 0.758. The molecular weight excluding hydrogens is 348 g/mol. The van der Waals surface area contributed by atoms with Gasteiger partial charge in [-0.15, -0.1) is 0 Å². The molecule has 0 aromatic heterocycles. The van der Waals surface area contributed by atoms with Crippen LogP contribution in [0.1, 0.15) is 45.4 Å². The zero-order valence-electron chi connectivity index (χ0n) is 15.6. The first-order valence-corrected chi connectivity index (χ1v) is 10.7. The SMILES string of the molecule is CCN1C[C@@]2(CCCN(C(=O)CC3=CSC4=NCCCN34)C2)CCC1=O. The van der Waals surface area contributed by atoms with Crippen molar-refractivity contribution in [3.63, 3.8) is 0 Å². The molecule has 0 radical (unpaired) electrons. The molecule has 26 heavy (non-hydrogen) atoms. The smallest absolute Gasteiger partial charge is 0.228 e. The molecule has 4 aliphatic heterocycles. The molecule has 2 fully saturated rings. The number of likely N-dealkylation sites (tertiary alicyclic amines) is 2. The van der Waals surface area contributed by atoms with E-state index < -0.39 is 0 Å². The van der Waals surface area contributed by atoms with Crippen LogP contribution in [0, 0.1) is 5.41 Å². The average molecular weight is 377 g/mol. The molecule has 7 heteroatoms. The summed E-state index contributed by atoms with van der Waals surface area (Å²) in [6.45, 7) is 7.16. The number of nitrogens with zero attached hydrogens (tertiary/aromatic N) is 4. The monoisotopic (exact) mass is 376 g/mol. The highest BCUT2D eigenvalue weighted by Gasteiger charge is 2.42. The number of carbonyl (C=O) groups excluding carboxylic acids is 2. The standard InChI is InChI=1S/C19H28N4O2S/c1-2-21-13-19(7-5-16(21)24)6-3-9-22(14-19)17(25)11-15-12-26-18-20-8-4-10-23(15)18/h12H,2-11,13-14H2,1H3/t19-/m1/s1. The summed E-state index contributed by atoms with van der Waals surface area (Å²) in [6, 6.07) is 0. The lowest BCUT2D eigenvalue weighted by atomic mass is 9.73. The first kappa shape index (κ1) is 17.9. The largest absolute Gasteiger partial charge is 0.342 e. The minimum absolute atomic E-state index is 0.106. The number of thioether (sulfide) groups is 1. The van der Waals surface area contributed by atoms with Crippen molar-refractivity contribution in [2.75, 3.05) is 39.3 Å². The van der Waals surface area contributed by atoms with Gasteiger partial charge < -0.3 is 14.7 Å². The van der Waals surface area contributed by atoms with Crippen LogP contribution in [-0.2, 0) is 9.59 Å². The maximum Gasteiger partial charge on any atom is 0.228 e. The van der Waals surface area contributed by atoms with Crippen molar-refractivity contribution in [1.29, 1.82) is 0 Å². The van der Waals surface area contributed by atoms with Crippen LogP contribution in [0.2, 0.25) is 0 Å². The summed E-state index contributed by atoms with van der Waals surface area (Å²) in [5.74, 6) is 0.495. The van der Waals surface area contributed by atoms with E-state index in [-0.39, 0.29) is 17.2 Å². The van der Waals surface area contributed by atoms with Gasteiger partial charge in [0.1, 0.15) is 0 Å². The molecule has 0 aromatic rings. The van der Waals surface area contributed by atoms with E-state index in [0.717, 1.165) is 75.8 Å². The Hall–Kier alpha value is -1.50. The number of aliphatic imine (C=N–C) groups is 1. The van der Waals surface area contributed by atoms with Crippen molar-refractivity contribution in [2.45, 2.75) is 45.4 Å². The van der Waals surface area contributed by atoms with Gasteiger partial charge in [-0.3, -0.25) is 14.6 Å². The molecule has 142 valence electrons. The van der Waals surface area contributed by atoms with E-state index in [1.807, 2.05) is 11.8 Å². The Morgan fingerprint density at radius 2 is 2.15 bits per heavy atom. The molecular formula is C19H28N4O2S. The Morgan fingerprint density at radius 1 is 1.27 bits per heavy atom. The van der Waals surface area contributed by atoms with E-state index in [1.54, 1.807) is 11.8 Å². The van der Waals surface area contributed by atoms with Gasteiger partial charge in [-0.2, -0.15) is 0 Å². The first-order valence-electron chi connectivity index (χ1n) is 9.83. The third kappa shape index (κ3) is 3.38. The molecule has 2 saturated heterocycles. The Bertz CT molecular complexity index is 662. The summed E-state index contributed by atoms with van der Waals surface area (Å²) < 4.78 is 0. The molecule has 0 unspecified atom stereocenters. The second-order valence-corrected chi connectivity index (χ2v) is 8.74. The van der Waals surface area contributed by atoms with Gasteiger partial charge in [-0.1, -0.05) is 11.8 Å².